The third-order valence-electron chi connectivity index (χ3n) is 2.06. The Bertz CT molecular complexity index is 394. The molecule has 1 aromatic carbocycles. The second-order valence-electron chi connectivity index (χ2n) is 3.27. The van der Waals surface area contributed by atoms with Crippen LogP contribution in [0.1, 0.15) is 23.2 Å². The van der Waals surface area contributed by atoms with Crippen molar-refractivity contribution in [2.75, 3.05) is 13.7 Å². The van der Waals surface area contributed by atoms with Crippen molar-refractivity contribution in [2.24, 2.45) is 0 Å². The SMILES string of the molecule is COCCCC(=O)c1cc(F)c(Cl)cc1F. The zero-order valence-corrected chi connectivity index (χ0v) is 9.48. The Hall–Kier alpha value is -1.00. The van der Waals surface area contributed by atoms with Crippen LogP contribution in [0, 0.1) is 11.6 Å². The molecule has 0 heterocycles. The van der Waals surface area contributed by atoms with Crippen molar-refractivity contribution in [3.05, 3.63) is 34.4 Å². The van der Waals surface area contributed by atoms with Gasteiger partial charge in [0, 0.05) is 20.1 Å². The van der Waals surface area contributed by atoms with E-state index >= 15 is 0 Å². The third kappa shape index (κ3) is 3.25. The molecule has 16 heavy (non-hydrogen) atoms. The first-order valence-corrected chi connectivity index (χ1v) is 5.10. The lowest BCUT2D eigenvalue weighted by molar-refractivity contribution is 0.0959. The van der Waals surface area contributed by atoms with Gasteiger partial charge in [-0.1, -0.05) is 11.6 Å². The summed E-state index contributed by atoms with van der Waals surface area (Å²) < 4.78 is 31.1. The Morgan fingerprint density at radius 2 is 2.06 bits per heavy atom. The largest absolute Gasteiger partial charge is 0.385 e. The highest BCUT2D eigenvalue weighted by atomic mass is 35.5. The van der Waals surface area contributed by atoms with Crippen LogP contribution in [0.2, 0.25) is 5.02 Å². The molecule has 88 valence electrons. The standard InChI is InChI=1S/C11H11ClF2O2/c1-16-4-2-3-11(15)7-5-10(14)8(12)6-9(7)13/h5-6H,2-4H2,1H3. The van der Waals surface area contributed by atoms with E-state index in [-0.39, 0.29) is 17.0 Å². The van der Waals surface area contributed by atoms with Crippen LogP contribution in [-0.2, 0) is 4.74 Å². The van der Waals surface area contributed by atoms with Crippen molar-refractivity contribution in [3.8, 4) is 0 Å². The number of rotatable bonds is 5. The van der Waals surface area contributed by atoms with Crippen LogP contribution < -0.4 is 0 Å². The molecule has 0 atom stereocenters. The molecule has 0 saturated heterocycles. The maximum atomic E-state index is 13.3. The van der Waals surface area contributed by atoms with Gasteiger partial charge in [0.1, 0.15) is 11.6 Å². The van der Waals surface area contributed by atoms with E-state index in [1.165, 1.54) is 7.11 Å². The van der Waals surface area contributed by atoms with E-state index in [1.807, 2.05) is 0 Å². The van der Waals surface area contributed by atoms with Crippen LogP contribution in [0.3, 0.4) is 0 Å². The average Bonchev–Trinajstić information content (AvgIpc) is 2.23. The van der Waals surface area contributed by atoms with Crippen molar-refractivity contribution >= 4 is 17.4 Å². The summed E-state index contributed by atoms with van der Waals surface area (Å²) >= 11 is 5.37. The van der Waals surface area contributed by atoms with Gasteiger partial charge in [0.05, 0.1) is 10.6 Å². The molecule has 0 saturated carbocycles. The lowest BCUT2D eigenvalue weighted by Gasteiger charge is -2.03. The molecule has 1 rings (SSSR count). The summed E-state index contributed by atoms with van der Waals surface area (Å²) in [6.07, 6.45) is 0.588. The molecule has 0 aromatic heterocycles. The zero-order valence-electron chi connectivity index (χ0n) is 8.73. The van der Waals surface area contributed by atoms with Crippen molar-refractivity contribution in [1.29, 1.82) is 0 Å². The molecule has 0 spiro atoms. The second kappa shape index (κ2) is 5.92. The summed E-state index contributed by atoms with van der Waals surface area (Å²) in [4.78, 5) is 11.5. The van der Waals surface area contributed by atoms with Gasteiger partial charge in [0.2, 0.25) is 0 Å². The topological polar surface area (TPSA) is 26.3 Å². The molecule has 5 heteroatoms. The number of methoxy groups -OCH3 is 1. The number of carbonyl (C=O) groups excluding carboxylic acids is 1. The smallest absolute Gasteiger partial charge is 0.166 e. The van der Waals surface area contributed by atoms with Gasteiger partial charge >= 0.3 is 0 Å². The monoisotopic (exact) mass is 248 g/mol. The number of benzene rings is 1. The zero-order chi connectivity index (χ0) is 12.1. The highest BCUT2D eigenvalue weighted by Crippen LogP contribution is 2.20. The molecule has 0 amide bonds. The lowest BCUT2D eigenvalue weighted by Crippen LogP contribution is -2.05. The van der Waals surface area contributed by atoms with Gasteiger partial charge in [-0.05, 0) is 18.6 Å². The normalized spacial score (nSPS) is 10.5. The lowest BCUT2D eigenvalue weighted by atomic mass is 10.1. The first kappa shape index (κ1) is 13.1. The van der Waals surface area contributed by atoms with E-state index in [1.54, 1.807) is 0 Å². The second-order valence-corrected chi connectivity index (χ2v) is 3.67. The fourth-order valence-corrected chi connectivity index (χ4v) is 1.40. The van der Waals surface area contributed by atoms with Crippen LogP contribution in [0.5, 0.6) is 0 Å². The Kier molecular flexibility index (Phi) is 4.83. The summed E-state index contributed by atoms with van der Waals surface area (Å²) in [5.74, 6) is -2.04. The van der Waals surface area contributed by atoms with Crippen molar-refractivity contribution in [2.45, 2.75) is 12.8 Å². The van der Waals surface area contributed by atoms with E-state index in [2.05, 4.69) is 0 Å². The first-order chi connectivity index (χ1) is 7.56. The Labute approximate surface area is 97.2 Å². The van der Waals surface area contributed by atoms with Crippen LogP contribution >= 0.6 is 11.6 Å². The van der Waals surface area contributed by atoms with Crippen LogP contribution in [0.15, 0.2) is 12.1 Å². The van der Waals surface area contributed by atoms with Gasteiger partial charge in [0.15, 0.2) is 5.78 Å². The molecule has 0 N–H and O–H groups in total. The fraction of sp³-hybridized carbons (Fsp3) is 0.364. The van der Waals surface area contributed by atoms with Gasteiger partial charge in [0.25, 0.3) is 0 Å². The third-order valence-corrected chi connectivity index (χ3v) is 2.35. The van der Waals surface area contributed by atoms with Gasteiger partial charge < -0.3 is 4.74 Å². The Morgan fingerprint density at radius 1 is 1.38 bits per heavy atom. The van der Waals surface area contributed by atoms with E-state index in [9.17, 15) is 13.6 Å². The van der Waals surface area contributed by atoms with E-state index in [4.69, 9.17) is 16.3 Å². The van der Waals surface area contributed by atoms with Crippen LogP contribution in [-0.4, -0.2) is 19.5 Å². The van der Waals surface area contributed by atoms with Gasteiger partial charge in [-0.25, -0.2) is 8.78 Å². The van der Waals surface area contributed by atoms with Crippen molar-refractivity contribution in [3.63, 3.8) is 0 Å². The minimum atomic E-state index is -0.797. The fourth-order valence-electron chi connectivity index (χ4n) is 1.25. The number of ketones is 1. The first-order valence-electron chi connectivity index (χ1n) is 4.73. The minimum absolute atomic E-state index is 0.117. The molecule has 2 nitrogen and oxygen atoms in total. The molecule has 0 radical (unpaired) electrons. The molecule has 0 fully saturated rings. The number of Topliss-reactive ketones (excluding diaryl/α,β-unsaturated/α-hetero) is 1. The highest BCUT2D eigenvalue weighted by molar-refractivity contribution is 6.30. The summed E-state index contributed by atoms with van der Waals surface area (Å²) in [6, 6.07) is 1.63. The number of hydrogen-bond acceptors (Lipinski definition) is 2. The number of ether oxygens (including phenoxy) is 1. The summed E-state index contributed by atoms with van der Waals surface area (Å²) in [5.41, 5.74) is -0.266. The molecule has 0 aliphatic rings. The van der Waals surface area contributed by atoms with Gasteiger partial charge in [-0.3, -0.25) is 4.79 Å². The quantitative estimate of drug-likeness (QED) is 0.454. The van der Waals surface area contributed by atoms with Crippen molar-refractivity contribution < 1.29 is 18.3 Å². The molecular weight excluding hydrogens is 238 g/mol. The Morgan fingerprint density at radius 3 is 2.69 bits per heavy atom. The van der Waals surface area contributed by atoms with Gasteiger partial charge in [-0.2, -0.15) is 0 Å². The highest BCUT2D eigenvalue weighted by Gasteiger charge is 2.14. The number of hydrogen-bond donors (Lipinski definition) is 0. The Balaban J connectivity index is 2.79. The molecule has 0 bridgehead atoms. The van der Waals surface area contributed by atoms with Crippen molar-refractivity contribution in [1.82, 2.24) is 0 Å². The van der Waals surface area contributed by atoms with Crippen LogP contribution in [0.25, 0.3) is 0 Å². The minimum Gasteiger partial charge on any atom is -0.385 e. The number of halogens is 3. The summed E-state index contributed by atoms with van der Waals surface area (Å²) in [6.45, 7) is 0.406. The van der Waals surface area contributed by atoms with E-state index in [0.717, 1.165) is 12.1 Å². The van der Waals surface area contributed by atoms with Crippen LogP contribution in [0.4, 0.5) is 8.78 Å². The predicted octanol–water partition coefficient (Wildman–Crippen LogP) is 3.23. The molecule has 0 aliphatic heterocycles. The molecular formula is C11H11ClF2O2. The van der Waals surface area contributed by atoms with E-state index in [0.29, 0.717) is 13.0 Å². The maximum absolute atomic E-state index is 13.3. The maximum Gasteiger partial charge on any atom is 0.166 e. The van der Waals surface area contributed by atoms with E-state index < -0.39 is 17.4 Å². The average molecular weight is 249 g/mol. The summed E-state index contributed by atoms with van der Waals surface area (Å²) in [7, 11) is 1.51. The molecule has 0 aliphatic carbocycles. The van der Waals surface area contributed by atoms with Gasteiger partial charge in [-0.15, -0.1) is 0 Å². The summed E-state index contributed by atoms with van der Waals surface area (Å²) in [5, 5.41) is -0.328. The molecule has 1 aromatic rings. The predicted molar refractivity (Wildman–Crippen MR) is 56.8 cm³/mol. The molecule has 0 unspecified atom stereocenters. The number of carbonyl (C=O) groups is 1.